The number of hydrogen-bond donors (Lipinski definition) is 3. The van der Waals surface area contributed by atoms with E-state index in [4.69, 9.17) is 9.84 Å². The molecule has 0 atom stereocenters. The Bertz CT molecular complexity index is 420. The summed E-state index contributed by atoms with van der Waals surface area (Å²) in [6.07, 6.45) is 0.505. The number of carboxylic acids is 1. The number of aliphatic hydroxyl groups excluding tert-OH is 1. The van der Waals surface area contributed by atoms with Crippen LogP contribution in [0.4, 0.5) is 4.79 Å². The summed E-state index contributed by atoms with van der Waals surface area (Å²) in [5.74, 6) is -0.897. The van der Waals surface area contributed by atoms with E-state index in [1.807, 2.05) is 0 Å². The molecule has 120 valence electrons. The molecule has 21 heavy (non-hydrogen) atoms. The molecule has 1 aliphatic heterocycles. The molecule has 7 heteroatoms. The van der Waals surface area contributed by atoms with Crippen LogP contribution in [0.15, 0.2) is 0 Å². The van der Waals surface area contributed by atoms with Gasteiger partial charge < -0.3 is 25.2 Å². The number of carboxylic acid groups (broad SMARTS) is 1. The molecule has 7 nitrogen and oxygen atoms in total. The fourth-order valence-corrected chi connectivity index (χ4v) is 2.82. The third-order valence-corrected chi connectivity index (χ3v) is 3.75. The Morgan fingerprint density at radius 2 is 1.90 bits per heavy atom. The van der Waals surface area contributed by atoms with Gasteiger partial charge in [-0.25, -0.2) is 4.79 Å². The molecule has 0 bridgehead atoms. The number of nitrogens with one attached hydrogen (secondary N) is 1. The molecule has 1 heterocycles. The topological polar surface area (TPSA) is 99.1 Å². The van der Waals surface area contributed by atoms with Crippen LogP contribution in [0, 0.1) is 0 Å². The highest BCUT2D eigenvalue weighted by molar-refractivity contribution is 5.73. The smallest absolute Gasteiger partial charge is 0.410 e. The van der Waals surface area contributed by atoms with E-state index < -0.39 is 23.2 Å². The molecule has 0 aromatic rings. The summed E-state index contributed by atoms with van der Waals surface area (Å²) in [4.78, 5) is 24.5. The largest absolute Gasteiger partial charge is 0.481 e. The average Bonchev–Trinajstić information content (AvgIpc) is 2.19. The second-order valence-corrected chi connectivity index (χ2v) is 7.15. The molecule has 0 aromatic heterocycles. The first-order valence-electron chi connectivity index (χ1n) is 7.24. The van der Waals surface area contributed by atoms with Crippen LogP contribution in [0.1, 0.15) is 40.0 Å². The minimum atomic E-state index is -0.897. The van der Waals surface area contributed by atoms with E-state index in [0.717, 1.165) is 0 Å². The van der Waals surface area contributed by atoms with Crippen molar-refractivity contribution in [1.29, 1.82) is 0 Å². The molecule has 0 spiro atoms. The highest BCUT2D eigenvalue weighted by atomic mass is 16.6. The molecule has 0 unspecified atom stereocenters. The lowest BCUT2D eigenvalue weighted by atomic mass is 9.81. The van der Waals surface area contributed by atoms with Gasteiger partial charge in [-0.2, -0.15) is 0 Å². The van der Waals surface area contributed by atoms with Crippen molar-refractivity contribution in [3.63, 3.8) is 0 Å². The lowest BCUT2D eigenvalue weighted by Gasteiger charge is -2.52. The van der Waals surface area contributed by atoms with Gasteiger partial charge in [0.1, 0.15) is 5.60 Å². The van der Waals surface area contributed by atoms with E-state index in [0.29, 0.717) is 25.9 Å². The molecule has 1 saturated heterocycles. The average molecular weight is 300 g/mol. The van der Waals surface area contributed by atoms with Gasteiger partial charge >= 0.3 is 12.1 Å². The molecule has 0 aromatic carbocycles. The monoisotopic (exact) mass is 300 g/mol. The first-order valence-corrected chi connectivity index (χ1v) is 7.24. The molecular weight excluding hydrogens is 276 g/mol. The number of hydrogen-bond acceptors (Lipinski definition) is 5. The molecule has 0 radical (unpaired) electrons. The third kappa shape index (κ3) is 4.07. The third-order valence-electron chi connectivity index (χ3n) is 3.75. The maximum Gasteiger partial charge on any atom is 0.410 e. The predicted molar refractivity (Wildman–Crippen MR) is 75.0 cm³/mol. The van der Waals surface area contributed by atoms with E-state index in [-0.39, 0.29) is 18.6 Å². The van der Waals surface area contributed by atoms with Gasteiger partial charge in [0.2, 0.25) is 0 Å². The number of amides is 1. The Labute approximate surface area is 124 Å². The minimum Gasteiger partial charge on any atom is -0.481 e. The fraction of sp³-hybridized carbons (Fsp3) is 0.857. The summed E-state index contributed by atoms with van der Waals surface area (Å²) in [6.45, 7) is 6.02. The van der Waals surface area contributed by atoms with Gasteiger partial charge in [0, 0.05) is 19.1 Å². The van der Waals surface area contributed by atoms with Crippen molar-refractivity contribution in [2.75, 3.05) is 13.1 Å². The summed E-state index contributed by atoms with van der Waals surface area (Å²) >= 11 is 0. The minimum absolute atomic E-state index is 0.0428. The van der Waals surface area contributed by atoms with Crippen molar-refractivity contribution in [3.8, 4) is 0 Å². The van der Waals surface area contributed by atoms with Crippen LogP contribution in [0.5, 0.6) is 0 Å². The van der Waals surface area contributed by atoms with Gasteiger partial charge in [0.15, 0.2) is 0 Å². The van der Waals surface area contributed by atoms with E-state index >= 15 is 0 Å². The summed E-state index contributed by atoms with van der Waals surface area (Å²) in [5.41, 5.74) is -1.17. The van der Waals surface area contributed by atoms with Crippen molar-refractivity contribution < 1.29 is 24.5 Å². The standard InChI is InChI=1S/C14H24N2O5/c1-13(2,3)21-12(20)16-7-14(8-16,6-11(18)19)15-9-4-10(17)5-9/h9-10,15,17H,4-8H2,1-3H3,(H,18,19). The van der Waals surface area contributed by atoms with Crippen molar-refractivity contribution in [2.24, 2.45) is 0 Å². The summed E-state index contributed by atoms with van der Waals surface area (Å²) in [6, 6.07) is 0.125. The normalized spacial score (nSPS) is 27.5. The van der Waals surface area contributed by atoms with Crippen LogP contribution >= 0.6 is 0 Å². The van der Waals surface area contributed by atoms with Crippen molar-refractivity contribution >= 4 is 12.1 Å². The number of aliphatic hydroxyl groups is 1. The quantitative estimate of drug-likeness (QED) is 0.702. The van der Waals surface area contributed by atoms with Crippen molar-refractivity contribution in [3.05, 3.63) is 0 Å². The van der Waals surface area contributed by atoms with Gasteiger partial charge in [-0.1, -0.05) is 0 Å². The predicted octanol–water partition coefficient (Wildman–Crippen LogP) is 0.564. The number of ether oxygens (including phenoxy) is 1. The Balaban J connectivity index is 1.89. The van der Waals surface area contributed by atoms with Crippen LogP contribution in [-0.4, -0.2) is 63.6 Å². The number of likely N-dealkylation sites (tertiary alicyclic amines) is 1. The van der Waals surface area contributed by atoms with Crippen LogP contribution < -0.4 is 5.32 Å². The summed E-state index contributed by atoms with van der Waals surface area (Å²) < 4.78 is 5.27. The van der Waals surface area contributed by atoms with E-state index in [1.54, 1.807) is 20.8 Å². The number of nitrogens with zero attached hydrogens (tertiary/aromatic N) is 1. The van der Waals surface area contributed by atoms with E-state index in [1.165, 1.54) is 4.90 Å². The van der Waals surface area contributed by atoms with E-state index in [9.17, 15) is 14.7 Å². The van der Waals surface area contributed by atoms with Gasteiger partial charge in [-0.05, 0) is 33.6 Å². The van der Waals surface area contributed by atoms with Crippen LogP contribution in [0.2, 0.25) is 0 Å². The van der Waals surface area contributed by atoms with Gasteiger partial charge in [-0.15, -0.1) is 0 Å². The van der Waals surface area contributed by atoms with Crippen LogP contribution in [-0.2, 0) is 9.53 Å². The Morgan fingerprint density at radius 1 is 1.33 bits per heavy atom. The van der Waals surface area contributed by atoms with Crippen molar-refractivity contribution in [2.45, 2.75) is 63.3 Å². The first-order chi connectivity index (χ1) is 9.58. The highest BCUT2D eigenvalue weighted by Crippen LogP contribution is 2.31. The van der Waals surface area contributed by atoms with Crippen LogP contribution in [0.25, 0.3) is 0 Å². The number of carbonyl (C=O) groups excluding carboxylic acids is 1. The first kappa shape index (κ1) is 16.0. The zero-order chi connectivity index (χ0) is 15.8. The second-order valence-electron chi connectivity index (χ2n) is 7.15. The Kier molecular flexibility index (Phi) is 4.17. The maximum atomic E-state index is 11.9. The molecule has 1 amide bonds. The molecule has 2 rings (SSSR count). The number of rotatable bonds is 4. The fourth-order valence-electron chi connectivity index (χ4n) is 2.82. The zero-order valence-electron chi connectivity index (χ0n) is 12.8. The summed E-state index contributed by atoms with van der Waals surface area (Å²) in [5, 5.41) is 21.7. The lowest BCUT2D eigenvalue weighted by molar-refractivity contribution is -0.141. The lowest BCUT2D eigenvalue weighted by Crippen LogP contribution is -2.74. The highest BCUT2D eigenvalue weighted by Gasteiger charge is 2.50. The maximum absolute atomic E-state index is 11.9. The molecule has 2 fully saturated rings. The van der Waals surface area contributed by atoms with Gasteiger partial charge in [0.05, 0.1) is 18.1 Å². The Hall–Kier alpha value is -1.34. The number of carbonyl (C=O) groups is 2. The molecule has 2 aliphatic rings. The van der Waals surface area contributed by atoms with Crippen molar-refractivity contribution in [1.82, 2.24) is 10.2 Å². The Morgan fingerprint density at radius 3 is 2.33 bits per heavy atom. The van der Waals surface area contributed by atoms with Gasteiger partial charge in [0.25, 0.3) is 0 Å². The van der Waals surface area contributed by atoms with E-state index in [2.05, 4.69) is 5.32 Å². The molecule has 1 aliphatic carbocycles. The summed E-state index contributed by atoms with van der Waals surface area (Å²) in [7, 11) is 0. The van der Waals surface area contributed by atoms with Crippen LogP contribution in [0.3, 0.4) is 0 Å². The molecular formula is C14H24N2O5. The van der Waals surface area contributed by atoms with Gasteiger partial charge in [-0.3, -0.25) is 4.79 Å². The molecule has 1 saturated carbocycles. The molecule has 3 N–H and O–H groups in total. The number of aliphatic carboxylic acids is 1. The zero-order valence-corrected chi connectivity index (χ0v) is 12.8. The SMILES string of the molecule is CC(C)(C)OC(=O)N1CC(CC(=O)O)(NC2CC(O)C2)C1. The second kappa shape index (κ2) is 5.46.